The van der Waals surface area contributed by atoms with Gasteiger partial charge in [0.2, 0.25) is 0 Å². The summed E-state index contributed by atoms with van der Waals surface area (Å²) in [5, 5.41) is 0. The lowest BCUT2D eigenvalue weighted by Gasteiger charge is -2.29. The third kappa shape index (κ3) is 13.6. The topological polar surface area (TPSA) is 159 Å². The van der Waals surface area contributed by atoms with Crippen molar-refractivity contribution in [3.05, 3.63) is 23.8 Å². The zero-order valence-electron chi connectivity index (χ0n) is 25.4. The SMILES string of the molecule is CCC[C@H](C)OC(=O)O[C@@H](C)CC(N)(Cc1ccc(OC(=O)OCC(C)C)c(OC(=O)OCC(C)C)c1)C(=O)OC. The van der Waals surface area contributed by atoms with Crippen LogP contribution in [0.2, 0.25) is 0 Å². The molecule has 1 unspecified atom stereocenters. The van der Waals surface area contributed by atoms with Crippen molar-refractivity contribution in [2.45, 2.75) is 91.9 Å². The molecule has 1 aromatic rings. The van der Waals surface area contributed by atoms with Gasteiger partial charge in [-0.2, -0.15) is 0 Å². The molecule has 41 heavy (non-hydrogen) atoms. The normalized spacial score (nSPS) is 13.9. The fraction of sp³-hybridized carbons (Fsp3) is 0.655. The number of methoxy groups -OCH3 is 1. The van der Waals surface area contributed by atoms with Crippen molar-refractivity contribution >= 4 is 24.4 Å². The van der Waals surface area contributed by atoms with Crippen LogP contribution in [0.4, 0.5) is 14.4 Å². The molecule has 3 atom stereocenters. The molecule has 0 amide bonds. The predicted octanol–water partition coefficient (Wildman–Crippen LogP) is 5.56. The summed E-state index contributed by atoms with van der Waals surface area (Å²) in [6.07, 6.45) is -2.70. The number of nitrogens with two attached hydrogens (primary N) is 1. The predicted molar refractivity (Wildman–Crippen MR) is 149 cm³/mol. The number of rotatable bonds is 15. The lowest BCUT2D eigenvalue weighted by Crippen LogP contribution is -2.53. The van der Waals surface area contributed by atoms with Crippen LogP contribution in [-0.2, 0) is 34.9 Å². The van der Waals surface area contributed by atoms with Crippen LogP contribution < -0.4 is 15.2 Å². The average Bonchev–Trinajstić information content (AvgIpc) is 2.86. The highest BCUT2D eigenvalue weighted by atomic mass is 16.7. The molecule has 0 aromatic heterocycles. The average molecular weight is 584 g/mol. The van der Waals surface area contributed by atoms with Crippen molar-refractivity contribution in [2.24, 2.45) is 17.6 Å². The van der Waals surface area contributed by atoms with E-state index in [-0.39, 0.29) is 55.5 Å². The standard InChI is InChI=1S/C29H45NO11/c1-9-10-20(6)38-28(34)39-21(7)14-29(30,25(31)35-8)15-22-11-12-23(40-26(32)36-16-18(2)3)24(13-22)41-27(33)37-17-19(4)5/h11-13,18-21H,9-10,14-17,30H2,1-8H3/t20-,21-,29?/m0/s1. The summed E-state index contributed by atoms with van der Waals surface area (Å²) in [4.78, 5) is 49.4. The summed E-state index contributed by atoms with van der Waals surface area (Å²) >= 11 is 0. The lowest BCUT2D eigenvalue weighted by atomic mass is 9.86. The summed E-state index contributed by atoms with van der Waals surface area (Å²) in [6.45, 7) is 13.0. The highest BCUT2D eigenvalue weighted by molar-refractivity contribution is 5.81. The van der Waals surface area contributed by atoms with Gasteiger partial charge in [-0.3, -0.25) is 4.79 Å². The van der Waals surface area contributed by atoms with E-state index in [2.05, 4.69) is 0 Å². The number of hydrogen-bond acceptors (Lipinski definition) is 12. The Balaban J connectivity index is 3.18. The van der Waals surface area contributed by atoms with Gasteiger partial charge in [-0.15, -0.1) is 0 Å². The molecule has 2 N–H and O–H groups in total. The molecule has 232 valence electrons. The van der Waals surface area contributed by atoms with Crippen molar-refractivity contribution in [1.29, 1.82) is 0 Å². The van der Waals surface area contributed by atoms with E-state index in [0.29, 0.717) is 12.0 Å². The number of esters is 1. The molecule has 0 heterocycles. The lowest BCUT2D eigenvalue weighted by molar-refractivity contribution is -0.148. The first kappa shape index (κ1) is 35.5. The molecule has 12 heteroatoms. The summed E-state index contributed by atoms with van der Waals surface area (Å²) in [5.74, 6) is -0.870. The van der Waals surface area contributed by atoms with Gasteiger partial charge in [0.15, 0.2) is 11.5 Å². The number of carbonyl (C=O) groups excluding carboxylic acids is 4. The molecule has 0 aliphatic rings. The molecule has 1 rings (SSSR count). The van der Waals surface area contributed by atoms with E-state index < -0.39 is 36.1 Å². The maximum absolute atomic E-state index is 12.8. The first-order valence-electron chi connectivity index (χ1n) is 13.8. The van der Waals surface area contributed by atoms with E-state index in [4.69, 9.17) is 38.9 Å². The van der Waals surface area contributed by atoms with Gasteiger partial charge in [0.1, 0.15) is 17.7 Å². The van der Waals surface area contributed by atoms with E-state index in [0.717, 1.165) is 6.42 Å². The van der Waals surface area contributed by atoms with Crippen LogP contribution in [0.3, 0.4) is 0 Å². The van der Waals surface area contributed by atoms with Gasteiger partial charge in [-0.1, -0.05) is 47.1 Å². The molecule has 12 nitrogen and oxygen atoms in total. The fourth-order valence-electron chi connectivity index (χ4n) is 3.71. The van der Waals surface area contributed by atoms with Gasteiger partial charge < -0.3 is 38.9 Å². The van der Waals surface area contributed by atoms with Crippen molar-refractivity contribution in [3.63, 3.8) is 0 Å². The second-order valence-corrected chi connectivity index (χ2v) is 10.8. The quantitative estimate of drug-likeness (QED) is 0.156. The first-order valence-corrected chi connectivity index (χ1v) is 13.8. The van der Waals surface area contributed by atoms with Gasteiger partial charge in [0.05, 0.1) is 20.3 Å². The van der Waals surface area contributed by atoms with Crippen LogP contribution in [0.25, 0.3) is 0 Å². The molecule has 0 radical (unpaired) electrons. The van der Waals surface area contributed by atoms with Crippen LogP contribution in [0, 0.1) is 11.8 Å². The molecule has 0 bridgehead atoms. The Morgan fingerprint density at radius 3 is 1.85 bits per heavy atom. The summed E-state index contributed by atoms with van der Waals surface area (Å²) < 4.78 is 36.2. The van der Waals surface area contributed by atoms with Crippen LogP contribution in [-0.4, -0.2) is 62.5 Å². The molecule has 0 spiro atoms. The second kappa shape index (κ2) is 17.3. The molecule has 1 aromatic carbocycles. The number of carbonyl (C=O) groups is 4. The van der Waals surface area contributed by atoms with Gasteiger partial charge in [-0.25, -0.2) is 14.4 Å². The zero-order chi connectivity index (χ0) is 31.2. The highest BCUT2D eigenvalue weighted by Crippen LogP contribution is 2.32. The van der Waals surface area contributed by atoms with E-state index in [9.17, 15) is 19.2 Å². The van der Waals surface area contributed by atoms with Gasteiger partial charge in [0, 0.05) is 12.8 Å². The fourth-order valence-corrected chi connectivity index (χ4v) is 3.71. The molecule has 0 fully saturated rings. The zero-order valence-corrected chi connectivity index (χ0v) is 25.4. The smallest absolute Gasteiger partial charge is 0.468 e. The molecule has 0 saturated heterocycles. The van der Waals surface area contributed by atoms with Gasteiger partial charge in [-0.05, 0) is 49.8 Å². The molecule has 0 saturated carbocycles. The Morgan fingerprint density at radius 2 is 1.34 bits per heavy atom. The van der Waals surface area contributed by atoms with E-state index in [1.54, 1.807) is 13.8 Å². The first-order chi connectivity index (χ1) is 19.2. The Hall–Kier alpha value is -3.54. The van der Waals surface area contributed by atoms with E-state index in [1.165, 1.54) is 25.3 Å². The van der Waals surface area contributed by atoms with E-state index in [1.807, 2.05) is 34.6 Å². The summed E-state index contributed by atoms with van der Waals surface area (Å²) in [7, 11) is 1.19. The molecular formula is C29H45NO11. The Bertz CT molecular complexity index is 1010. The Morgan fingerprint density at radius 1 is 0.805 bits per heavy atom. The third-order valence-corrected chi connectivity index (χ3v) is 5.52. The monoisotopic (exact) mass is 583 g/mol. The minimum Gasteiger partial charge on any atom is -0.468 e. The van der Waals surface area contributed by atoms with Crippen molar-refractivity contribution < 1.29 is 52.3 Å². The van der Waals surface area contributed by atoms with Gasteiger partial charge in [0.25, 0.3) is 0 Å². The Labute approximate surface area is 242 Å². The Kier molecular flexibility index (Phi) is 15.0. The van der Waals surface area contributed by atoms with E-state index >= 15 is 0 Å². The van der Waals surface area contributed by atoms with Crippen molar-refractivity contribution in [3.8, 4) is 11.5 Å². The number of hydrogen-bond donors (Lipinski definition) is 1. The second-order valence-electron chi connectivity index (χ2n) is 10.8. The van der Waals surface area contributed by atoms with Crippen LogP contribution >= 0.6 is 0 Å². The van der Waals surface area contributed by atoms with Crippen LogP contribution in [0.15, 0.2) is 18.2 Å². The number of benzene rings is 1. The largest absolute Gasteiger partial charge is 0.513 e. The minimum absolute atomic E-state index is 0.0601. The summed E-state index contributed by atoms with van der Waals surface area (Å²) in [6, 6.07) is 4.30. The highest BCUT2D eigenvalue weighted by Gasteiger charge is 2.38. The van der Waals surface area contributed by atoms with Crippen LogP contribution in [0.5, 0.6) is 11.5 Å². The summed E-state index contributed by atoms with van der Waals surface area (Å²) in [5.41, 5.74) is 5.27. The third-order valence-electron chi connectivity index (χ3n) is 5.52. The van der Waals surface area contributed by atoms with Crippen LogP contribution in [0.1, 0.15) is 73.3 Å². The molecule has 0 aliphatic carbocycles. The van der Waals surface area contributed by atoms with Gasteiger partial charge >= 0.3 is 24.4 Å². The molecular weight excluding hydrogens is 538 g/mol. The van der Waals surface area contributed by atoms with Crippen molar-refractivity contribution in [1.82, 2.24) is 0 Å². The maximum atomic E-state index is 12.8. The molecule has 0 aliphatic heterocycles. The maximum Gasteiger partial charge on any atom is 0.513 e. The number of ether oxygens (including phenoxy) is 7. The van der Waals surface area contributed by atoms with Crippen molar-refractivity contribution in [2.75, 3.05) is 20.3 Å². The minimum atomic E-state index is -1.64.